The fourth-order valence-corrected chi connectivity index (χ4v) is 3.65. The number of hydrogen-bond donors (Lipinski definition) is 1. The van der Waals surface area contributed by atoms with Crippen molar-refractivity contribution in [3.8, 4) is 11.8 Å². The zero-order valence-electron chi connectivity index (χ0n) is 13.0. The van der Waals surface area contributed by atoms with E-state index in [4.69, 9.17) is 14.9 Å². The zero-order valence-corrected chi connectivity index (χ0v) is 13.0. The second-order valence-electron chi connectivity index (χ2n) is 6.12. The van der Waals surface area contributed by atoms with Crippen molar-refractivity contribution in [1.29, 1.82) is 5.26 Å². The lowest BCUT2D eigenvalue weighted by molar-refractivity contribution is 0.358. The maximum absolute atomic E-state index is 12.7. The van der Waals surface area contributed by atoms with Crippen molar-refractivity contribution in [2.75, 3.05) is 0 Å². The average Bonchev–Trinajstić information content (AvgIpc) is 2.61. The SMILES string of the molecule is N#CC1=C(N)Oc2c(c(=O)oc3ccccc23)C1C1C=CCCC1. The largest absolute Gasteiger partial charge is 0.439 e. The summed E-state index contributed by atoms with van der Waals surface area (Å²) in [6.45, 7) is 0. The average molecular weight is 320 g/mol. The van der Waals surface area contributed by atoms with E-state index in [9.17, 15) is 10.1 Å². The van der Waals surface area contributed by atoms with Crippen LogP contribution in [0.3, 0.4) is 0 Å². The minimum Gasteiger partial charge on any atom is -0.439 e. The third kappa shape index (κ3) is 2.11. The lowest BCUT2D eigenvalue weighted by Crippen LogP contribution is -2.29. The number of rotatable bonds is 1. The molecule has 0 fully saturated rings. The summed E-state index contributed by atoms with van der Waals surface area (Å²) in [5.41, 5.74) is 6.71. The van der Waals surface area contributed by atoms with Crippen LogP contribution in [-0.4, -0.2) is 0 Å². The molecule has 120 valence electrons. The number of nitriles is 1. The molecular formula is C19H16N2O3. The summed E-state index contributed by atoms with van der Waals surface area (Å²) >= 11 is 0. The highest BCUT2D eigenvalue weighted by atomic mass is 16.5. The Morgan fingerprint density at radius 2 is 2.12 bits per heavy atom. The molecule has 2 atom stereocenters. The van der Waals surface area contributed by atoms with Crippen LogP contribution in [0.2, 0.25) is 0 Å². The number of nitrogens with zero attached hydrogens (tertiary/aromatic N) is 1. The van der Waals surface area contributed by atoms with Crippen molar-refractivity contribution in [3.05, 3.63) is 63.9 Å². The number of hydrogen-bond acceptors (Lipinski definition) is 5. The molecule has 1 aliphatic heterocycles. The van der Waals surface area contributed by atoms with Crippen molar-refractivity contribution < 1.29 is 9.15 Å². The van der Waals surface area contributed by atoms with Gasteiger partial charge in [0.05, 0.1) is 16.5 Å². The van der Waals surface area contributed by atoms with Gasteiger partial charge in [-0.3, -0.25) is 0 Å². The van der Waals surface area contributed by atoms with Crippen LogP contribution < -0.4 is 16.1 Å². The van der Waals surface area contributed by atoms with Gasteiger partial charge >= 0.3 is 5.63 Å². The van der Waals surface area contributed by atoms with Gasteiger partial charge in [-0.25, -0.2) is 4.79 Å². The molecule has 1 aromatic carbocycles. The first-order valence-electron chi connectivity index (χ1n) is 8.00. The second kappa shape index (κ2) is 5.57. The summed E-state index contributed by atoms with van der Waals surface area (Å²) in [4.78, 5) is 12.7. The Hall–Kier alpha value is -3.00. The highest BCUT2D eigenvalue weighted by Crippen LogP contribution is 2.45. The van der Waals surface area contributed by atoms with Crippen LogP contribution >= 0.6 is 0 Å². The molecule has 0 amide bonds. The number of para-hydroxylation sites is 1. The molecule has 1 aliphatic carbocycles. The highest BCUT2D eigenvalue weighted by Gasteiger charge is 2.38. The van der Waals surface area contributed by atoms with Crippen molar-refractivity contribution in [3.63, 3.8) is 0 Å². The molecule has 0 spiro atoms. The van der Waals surface area contributed by atoms with Gasteiger partial charge in [0, 0.05) is 5.92 Å². The standard InChI is InChI=1S/C19H16N2O3/c20-10-13-15(11-6-2-1-3-7-11)16-17(24-18(13)21)12-8-4-5-9-14(12)23-19(16)22/h2,4-6,8-9,11,15H,1,3,7,21H2. The van der Waals surface area contributed by atoms with E-state index in [-0.39, 0.29) is 11.8 Å². The van der Waals surface area contributed by atoms with Gasteiger partial charge in [0.15, 0.2) is 5.75 Å². The molecule has 1 aromatic heterocycles. The number of allylic oxidation sites excluding steroid dienone is 3. The summed E-state index contributed by atoms with van der Waals surface area (Å²) in [5.74, 6) is 0.113. The number of fused-ring (bicyclic) bond motifs is 3. The van der Waals surface area contributed by atoms with Crippen molar-refractivity contribution in [1.82, 2.24) is 0 Å². The van der Waals surface area contributed by atoms with E-state index in [1.165, 1.54) is 0 Å². The van der Waals surface area contributed by atoms with Gasteiger partial charge < -0.3 is 14.9 Å². The van der Waals surface area contributed by atoms with E-state index < -0.39 is 11.5 Å². The maximum Gasteiger partial charge on any atom is 0.343 e. The quantitative estimate of drug-likeness (QED) is 0.643. The van der Waals surface area contributed by atoms with Crippen LogP contribution in [0.1, 0.15) is 30.7 Å². The molecular weight excluding hydrogens is 304 g/mol. The van der Waals surface area contributed by atoms with Crippen LogP contribution in [-0.2, 0) is 0 Å². The Kier molecular flexibility index (Phi) is 3.39. The first kappa shape index (κ1) is 14.6. The smallest absolute Gasteiger partial charge is 0.343 e. The van der Waals surface area contributed by atoms with E-state index in [1.807, 2.05) is 12.1 Å². The monoisotopic (exact) mass is 320 g/mol. The van der Waals surface area contributed by atoms with Crippen LogP contribution in [0.15, 0.2) is 57.1 Å². The Morgan fingerprint density at radius 1 is 1.29 bits per heavy atom. The topological polar surface area (TPSA) is 89.3 Å². The first-order chi connectivity index (χ1) is 11.7. The van der Waals surface area contributed by atoms with Gasteiger partial charge in [0.2, 0.25) is 5.88 Å². The molecule has 24 heavy (non-hydrogen) atoms. The van der Waals surface area contributed by atoms with Crippen LogP contribution in [0.5, 0.6) is 5.75 Å². The first-order valence-corrected chi connectivity index (χ1v) is 8.00. The lowest BCUT2D eigenvalue weighted by Gasteiger charge is -2.31. The van der Waals surface area contributed by atoms with E-state index in [1.54, 1.807) is 12.1 Å². The second-order valence-corrected chi connectivity index (χ2v) is 6.12. The third-order valence-corrected chi connectivity index (χ3v) is 4.74. The third-order valence-electron chi connectivity index (χ3n) is 4.74. The predicted molar refractivity (Wildman–Crippen MR) is 89.2 cm³/mol. The summed E-state index contributed by atoms with van der Waals surface area (Å²) in [7, 11) is 0. The molecule has 5 heteroatoms. The number of ether oxygens (including phenoxy) is 1. The Morgan fingerprint density at radius 3 is 2.88 bits per heavy atom. The Labute approximate surface area is 138 Å². The minimum atomic E-state index is -0.465. The number of nitrogens with two attached hydrogens (primary N) is 1. The molecule has 2 aromatic rings. The molecule has 0 saturated carbocycles. The summed E-state index contributed by atoms with van der Waals surface area (Å²) in [6, 6.07) is 9.32. The highest BCUT2D eigenvalue weighted by molar-refractivity contribution is 5.85. The van der Waals surface area contributed by atoms with Crippen LogP contribution in [0, 0.1) is 17.2 Å². The molecule has 4 rings (SSSR count). The molecule has 2 N–H and O–H groups in total. The fourth-order valence-electron chi connectivity index (χ4n) is 3.65. The molecule has 2 heterocycles. The molecule has 2 aliphatic rings. The van der Waals surface area contributed by atoms with Crippen molar-refractivity contribution in [2.24, 2.45) is 11.7 Å². The summed E-state index contributed by atoms with van der Waals surface area (Å²) in [6.07, 6.45) is 7.09. The molecule has 5 nitrogen and oxygen atoms in total. The zero-order chi connectivity index (χ0) is 16.7. The van der Waals surface area contributed by atoms with E-state index >= 15 is 0 Å². The summed E-state index contributed by atoms with van der Waals surface area (Å²) in [5, 5.41) is 10.3. The van der Waals surface area contributed by atoms with E-state index in [0.717, 1.165) is 19.3 Å². The van der Waals surface area contributed by atoms with Gasteiger partial charge in [0.1, 0.15) is 11.7 Å². The molecule has 2 unspecified atom stereocenters. The predicted octanol–water partition coefficient (Wildman–Crippen LogP) is 3.32. The Bertz CT molecular complexity index is 978. The molecule has 0 bridgehead atoms. The molecule has 0 radical (unpaired) electrons. The van der Waals surface area contributed by atoms with Gasteiger partial charge in [-0.05, 0) is 37.3 Å². The molecule has 0 saturated heterocycles. The lowest BCUT2D eigenvalue weighted by atomic mass is 9.75. The Balaban J connectivity index is 2.02. The summed E-state index contributed by atoms with van der Waals surface area (Å²) < 4.78 is 11.2. The van der Waals surface area contributed by atoms with Crippen LogP contribution in [0.25, 0.3) is 11.0 Å². The van der Waals surface area contributed by atoms with Crippen molar-refractivity contribution in [2.45, 2.75) is 25.2 Å². The van der Waals surface area contributed by atoms with Gasteiger partial charge in [0.25, 0.3) is 0 Å². The van der Waals surface area contributed by atoms with Gasteiger partial charge in [-0.1, -0.05) is 24.3 Å². The minimum absolute atomic E-state index is 0.0404. The van der Waals surface area contributed by atoms with Crippen molar-refractivity contribution >= 4 is 11.0 Å². The van der Waals surface area contributed by atoms with Gasteiger partial charge in [-0.2, -0.15) is 5.26 Å². The van der Waals surface area contributed by atoms with E-state index in [2.05, 4.69) is 18.2 Å². The normalized spacial score (nSPS) is 22.8. The van der Waals surface area contributed by atoms with E-state index in [0.29, 0.717) is 27.9 Å². The fraction of sp³-hybridized carbons (Fsp3) is 0.263. The van der Waals surface area contributed by atoms with Crippen LogP contribution in [0.4, 0.5) is 0 Å². The maximum atomic E-state index is 12.7. The van der Waals surface area contributed by atoms with Gasteiger partial charge in [-0.15, -0.1) is 0 Å². The number of benzene rings is 1.